The van der Waals surface area contributed by atoms with Crippen LogP contribution in [0.25, 0.3) is 0 Å². The van der Waals surface area contributed by atoms with Crippen LogP contribution in [-0.2, 0) is 16.0 Å². The maximum atomic E-state index is 13.6. The molecule has 1 saturated heterocycles. The van der Waals surface area contributed by atoms with Gasteiger partial charge in [0.15, 0.2) is 0 Å². The van der Waals surface area contributed by atoms with Crippen LogP contribution in [0.2, 0.25) is 5.02 Å². The molecule has 1 heterocycles. The standard InChI is InChI=1S/C26H41ClN4O2/c1-18(2)25(32)31(22-7-5-4-6-8-22)23-13-14-30(17-23)26(33)24(29-16-19(3)28)15-20-9-11-21(27)12-10-20/h9-12,18-19,22-24,29H,4-8,13-17,28H2,1-3H3/t19?,23-,24+/m0/s1. The fraction of sp³-hybridized carbons (Fsp3) is 0.692. The third-order valence-corrected chi connectivity index (χ3v) is 7.17. The molecule has 2 amide bonds. The van der Waals surface area contributed by atoms with Gasteiger partial charge in [-0.1, -0.05) is 56.8 Å². The molecule has 1 aromatic carbocycles. The minimum absolute atomic E-state index is 0.0259. The molecule has 0 spiro atoms. The smallest absolute Gasteiger partial charge is 0.240 e. The maximum Gasteiger partial charge on any atom is 0.240 e. The SMILES string of the molecule is CC(N)CN[C@H](Cc1ccc(Cl)cc1)C(=O)N1CC[C@H](N(C(=O)C(C)C)C2CCCCC2)C1. The van der Waals surface area contributed by atoms with Crippen molar-refractivity contribution < 1.29 is 9.59 Å². The number of benzene rings is 1. The fourth-order valence-electron chi connectivity index (χ4n) is 5.14. The number of nitrogens with two attached hydrogens (primary N) is 1. The van der Waals surface area contributed by atoms with Crippen LogP contribution >= 0.6 is 11.6 Å². The van der Waals surface area contributed by atoms with Gasteiger partial charge >= 0.3 is 0 Å². The zero-order valence-corrected chi connectivity index (χ0v) is 21.2. The molecule has 3 N–H and O–H groups in total. The topological polar surface area (TPSA) is 78.7 Å². The highest BCUT2D eigenvalue weighted by Gasteiger charge is 2.39. The van der Waals surface area contributed by atoms with Crippen LogP contribution in [0.15, 0.2) is 24.3 Å². The van der Waals surface area contributed by atoms with E-state index < -0.39 is 0 Å². The number of nitrogens with zero attached hydrogens (tertiary/aromatic N) is 2. The molecule has 1 unspecified atom stereocenters. The summed E-state index contributed by atoms with van der Waals surface area (Å²) in [5.74, 6) is 0.296. The van der Waals surface area contributed by atoms with E-state index in [4.69, 9.17) is 17.3 Å². The highest BCUT2D eigenvalue weighted by molar-refractivity contribution is 6.30. The Morgan fingerprint density at radius 1 is 1.09 bits per heavy atom. The van der Waals surface area contributed by atoms with Gasteiger partial charge in [-0.3, -0.25) is 9.59 Å². The van der Waals surface area contributed by atoms with Crippen molar-refractivity contribution in [3.63, 3.8) is 0 Å². The van der Waals surface area contributed by atoms with Crippen molar-refractivity contribution in [1.82, 2.24) is 15.1 Å². The van der Waals surface area contributed by atoms with Crippen LogP contribution in [0.5, 0.6) is 0 Å². The predicted octanol–water partition coefficient (Wildman–Crippen LogP) is 3.61. The number of rotatable bonds is 9. The lowest BCUT2D eigenvalue weighted by Gasteiger charge is -2.39. The number of hydrogen-bond acceptors (Lipinski definition) is 4. The third-order valence-electron chi connectivity index (χ3n) is 6.92. The van der Waals surface area contributed by atoms with Gasteiger partial charge in [-0.2, -0.15) is 0 Å². The van der Waals surface area contributed by atoms with Crippen molar-refractivity contribution in [3.8, 4) is 0 Å². The van der Waals surface area contributed by atoms with E-state index in [9.17, 15) is 9.59 Å². The summed E-state index contributed by atoms with van der Waals surface area (Å²) in [7, 11) is 0. The van der Waals surface area contributed by atoms with Gasteiger partial charge in [0.25, 0.3) is 0 Å². The second-order valence-corrected chi connectivity index (χ2v) is 10.6. The van der Waals surface area contributed by atoms with Gasteiger partial charge in [0.05, 0.1) is 12.1 Å². The normalized spacial score (nSPS) is 21.3. The molecule has 3 rings (SSSR count). The first-order chi connectivity index (χ1) is 15.8. The van der Waals surface area contributed by atoms with Crippen LogP contribution < -0.4 is 11.1 Å². The van der Waals surface area contributed by atoms with Crippen molar-refractivity contribution in [3.05, 3.63) is 34.9 Å². The maximum absolute atomic E-state index is 13.6. The van der Waals surface area contributed by atoms with Crippen LogP contribution in [0.1, 0.15) is 64.9 Å². The first kappa shape index (κ1) is 26.0. The molecule has 0 aromatic heterocycles. The van der Waals surface area contributed by atoms with E-state index in [2.05, 4.69) is 10.2 Å². The fourth-order valence-corrected chi connectivity index (χ4v) is 5.26. The molecule has 2 aliphatic rings. The molecule has 33 heavy (non-hydrogen) atoms. The number of amides is 2. The second kappa shape index (κ2) is 12.2. The summed E-state index contributed by atoms with van der Waals surface area (Å²) in [4.78, 5) is 30.8. The van der Waals surface area contributed by atoms with E-state index in [1.54, 1.807) is 0 Å². The second-order valence-electron chi connectivity index (χ2n) is 10.2. The highest BCUT2D eigenvalue weighted by atomic mass is 35.5. The number of hydrogen-bond donors (Lipinski definition) is 2. The lowest BCUT2D eigenvalue weighted by atomic mass is 9.92. The van der Waals surface area contributed by atoms with Crippen molar-refractivity contribution in [2.24, 2.45) is 11.7 Å². The van der Waals surface area contributed by atoms with E-state index in [-0.39, 0.29) is 35.9 Å². The van der Waals surface area contributed by atoms with Gasteiger partial charge in [0, 0.05) is 42.7 Å². The van der Waals surface area contributed by atoms with Gasteiger partial charge in [0.2, 0.25) is 11.8 Å². The van der Waals surface area contributed by atoms with E-state index >= 15 is 0 Å². The van der Waals surface area contributed by atoms with Crippen molar-refractivity contribution in [2.45, 2.75) is 89.9 Å². The van der Waals surface area contributed by atoms with E-state index in [0.717, 1.165) is 24.8 Å². The number of nitrogens with one attached hydrogen (secondary N) is 1. The highest BCUT2D eigenvalue weighted by Crippen LogP contribution is 2.29. The van der Waals surface area contributed by atoms with Crippen molar-refractivity contribution in [2.75, 3.05) is 19.6 Å². The molecule has 6 nitrogen and oxygen atoms in total. The molecular weight excluding hydrogens is 436 g/mol. The van der Waals surface area contributed by atoms with Gasteiger partial charge in [-0.05, 0) is 50.3 Å². The first-order valence-corrected chi connectivity index (χ1v) is 13.0. The summed E-state index contributed by atoms with van der Waals surface area (Å²) in [6, 6.07) is 7.68. The number of likely N-dealkylation sites (tertiary alicyclic amines) is 1. The van der Waals surface area contributed by atoms with Gasteiger partial charge in [0.1, 0.15) is 0 Å². The van der Waals surface area contributed by atoms with Crippen LogP contribution in [0.4, 0.5) is 0 Å². The Hall–Kier alpha value is -1.63. The quantitative estimate of drug-likeness (QED) is 0.570. The largest absolute Gasteiger partial charge is 0.339 e. The Morgan fingerprint density at radius 3 is 2.36 bits per heavy atom. The zero-order chi connectivity index (χ0) is 24.0. The molecule has 3 atom stereocenters. The molecule has 184 valence electrons. The Morgan fingerprint density at radius 2 is 1.76 bits per heavy atom. The molecule has 0 bridgehead atoms. The summed E-state index contributed by atoms with van der Waals surface area (Å²) in [6.07, 6.45) is 7.23. The summed E-state index contributed by atoms with van der Waals surface area (Å²) < 4.78 is 0. The summed E-state index contributed by atoms with van der Waals surface area (Å²) in [5.41, 5.74) is 7.02. The van der Waals surface area contributed by atoms with E-state index in [0.29, 0.717) is 37.1 Å². The summed E-state index contributed by atoms with van der Waals surface area (Å²) in [6.45, 7) is 7.77. The Kier molecular flexibility index (Phi) is 9.59. The van der Waals surface area contributed by atoms with Crippen molar-refractivity contribution in [1.29, 1.82) is 0 Å². The van der Waals surface area contributed by atoms with E-state index in [1.165, 1.54) is 19.3 Å². The third kappa shape index (κ3) is 7.17. The number of carbonyl (C=O) groups excluding carboxylic acids is 2. The molecule has 2 fully saturated rings. The van der Waals surface area contributed by atoms with Gasteiger partial charge < -0.3 is 20.9 Å². The number of carbonyl (C=O) groups is 2. The summed E-state index contributed by atoms with van der Waals surface area (Å²) in [5, 5.41) is 4.06. The Labute approximate surface area is 204 Å². The van der Waals surface area contributed by atoms with Gasteiger partial charge in [-0.15, -0.1) is 0 Å². The minimum Gasteiger partial charge on any atom is -0.339 e. The first-order valence-electron chi connectivity index (χ1n) is 12.6. The lowest BCUT2D eigenvalue weighted by molar-refractivity contribution is -0.141. The minimum atomic E-state index is -0.347. The van der Waals surface area contributed by atoms with E-state index in [1.807, 2.05) is 49.9 Å². The molecule has 7 heteroatoms. The monoisotopic (exact) mass is 476 g/mol. The molecule has 1 aliphatic carbocycles. The average molecular weight is 477 g/mol. The average Bonchev–Trinajstić information content (AvgIpc) is 3.27. The predicted molar refractivity (Wildman–Crippen MR) is 134 cm³/mol. The Bertz CT molecular complexity index is 777. The number of halogens is 1. The molecule has 0 radical (unpaired) electrons. The van der Waals surface area contributed by atoms with Crippen molar-refractivity contribution >= 4 is 23.4 Å². The summed E-state index contributed by atoms with van der Waals surface area (Å²) >= 11 is 6.03. The van der Waals surface area contributed by atoms with Crippen LogP contribution in [0, 0.1) is 5.92 Å². The van der Waals surface area contributed by atoms with Crippen LogP contribution in [-0.4, -0.2) is 65.4 Å². The lowest BCUT2D eigenvalue weighted by Crippen LogP contribution is -2.53. The molecule has 1 aliphatic heterocycles. The molecule has 1 saturated carbocycles. The van der Waals surface area contributed by atoms with Gasteiger partial charge in [-0.25, -0.2) is 0 Å². The molecule has 1 aromatic rings. The van der Waals surface area contributed by atoms with Crippen LogP contribution in [0.3, 0.4) is 0 Å². The Balaban J connectivity index is 1.71. The molecular formula is C26H41ClN4O2. The zero-order valence-electron chi connectivity index (χ0n) is 20.4.